The van der Waals surface area contributed by atoms with Crippen LogP contribution in [0.15, 0.2) is 36.4 Å². The maximum absolute atomic E-state index is 13.8. The number of nitrogens with zero attached hydrogens (tertiary/aromatic N) is 2. The van der Waals surface area contributed by atoms with Crippen LogP contribution in [0.1, 0.15) is 24.2 Å². The largest absolute Gasteiger partial charge is 0.390 e. The highest BCUT2D eigenvalue weighted by molar-refractivity contribution is 6.31. The van der Waals surface area contributed by atoms with Gasteiger partial charge in [-0.3, -0.25) is 0 Å². The lowest BCUT2D eigenvalue weighted by molar-refractivity contribution is 0.277. The van der Waals surface area contributed by atoms with E-state index in [0.29, 0.717) is 22.1 Å². The number of aromatic nitrogens is 1. The van der Waals surface area contributed by atoms with E-state index in [0.717, 1.165) is 0 Å². The fourth-order valence-corrected chi connectivity index (χ4v) is 2.17. The van der Waals surface area contributed by atoms with Crippen molar-refractivity contribution in [3.63, 3.8) is 0 Å². The Morgan fingerprint density at radius 2 is 2.00 bits per heavy atom. The highest BCUT2D eigenvalue weighted by atomic mass is 35.5. The predicted octanol–water partition coefficient (Wildman–Crippen LogP) is 3.56. The van der Waals surface area contributed by atoms with E-state index in [1.165, 1.54) is 6.07 Å². The molecule has 0 amide bonds. The summed E-state index contributed by atoms with van der Waals surface area (Å²) < 4.78 is 13.8. The van der Waals surface area contributed by atoms with Crippen LogP contribution in [0.3, 0.4) is 0 Å². The zero-order valence-electron chi connectivity index (χ0n) is 11.3. The number of aliphatic hydroxyl groups excluding tert-OH is 1. The average molecular weight is 295 g/mol. The van der Waals surface area contributed by atoms with Crippen LogP contribution in [0.5, 0.6) is 0 Å². The minimum Gasteiger partial charge on any atom is -0.390 e. The molecule has 1 unspecified atom stereocenters. The number of halogens is 2. The zero-order valence-corrected chi connectivity index (χ0v) is 12.1. The van der Waals surface area contributed by atoms with Gasteiger partial charge in [-0.05, 0) is 25.1 Å². The van der Waals surface area contributed by atoms with Gasteiger partial charge in [-0.1, -0.05) is 29.8 Å². The monoisotopic (exact) mass is 294 g/mol. The van der Waals surface area contributed by atoms with Gasteiger partial charge in [0.1, 0.15) is 11.6 Å². The molecule has 1 aromatic carbocycles. The van der Waals surface area contributed by atoms with E-state index >= 15 is 0 Å². The predicted molar refractivity (Wildman–Crippen MR) is 78.4 cm³/mol. The average Bonchev–Trinajstić information content (AvgIpc) is 2.47. The molecule has 0 aliphatic rings. The zero-order chi connectivity index (χ0) is 14.7. The Labute approximate surface area is 122 Å². The summed E-state index contributed by atoms with van der Waals surface area (Å²) in [6, 6.07) is 9.90. The topological polar surface area (TPSA) is 36.4 Å². The van der Waals surface area contributed by atoms with Crippen molar-refractivity contribution in [2.24, 2.45) is 0 Å². The Balaban J connectivity index is 2.31. The lowest BCUT2D eigenvalue weighted by atomic mass is 10.1. The number of hydrogen-bond donors (Lipinski definition) is 1. The maximum Gasteiger partial charge on any atom is 0.129 e. The third-order valence-electron chi connectivity index (χ3n) is 3.35. The summed E-state index contributed by atoms with van der Waals surface area (Å²) in [6.45, 7) is 1.67. The fourth-order valence-electron chi connectivity index (χ4n) is 2.00. The van der Waals surface area contributed by atoms with Gasteiger partial charge in [-0.15, -0.1) is 0 Å². The molecule has 0 saturated heterocycles. The number of rotatable bonds is 4. The number of aliphatic hydroxyl groups is 1. The lowest BCUT2D eigenvalue weighted by Crippen LogP contribution is -2.23. The highest BCUT2D eigenvalue weighted by Gasteiger charge is 2.17. The second-order valence-corrected chi connectivity index (χ2v) is 4.97. The molecule has 2 rings (SSSR count). The quantitative estimate of drug-likeness (QED) is 0.936. The molecule has 1 N–H and O–H groups in total. The van der Waals surface area contributed by atoms with Crippen molar-refractivity contribution < 1.29 is 9.50 Å². The van der Waals surface area contributed by atoms with Gasteiger partial charge >= 0.3 is 0 Å². The summed E-state index contributed by atoms with van der Waals surface area (Å²) in [7, 11) is 1.83. The minimum atomic E-state index is -0.247. The van der Waals surface area contributed by atoms with Crippen molar-refractivity contribution in [2.75, 3.05) is 11.9 Å². The van der Waals surface area contributed by atoms with Crippen LogP contribution in [0.25, 0.3) is 0 Å². The SMILES string of the molecule is CC(c1ccccc1F)N(C)c1ccc(Cl)c(CO)n1. The van der Waals surface area contributed by atoms with Gasteiger partial charge < -0.3 is 10.0 Å². The molecule has 0 fully saturated rings. The van der Waals surface area contributed by atoms with Gasteiger partial charge in [-0.25, -0.2) is 9.37 Å². The lowest BCUT2D eigenvalue weighted by Gasteiger charge is -2.27. The summed E-state index contributed by atoms with van der Waals surface area (Å²) in [5, 5.41) is 9.62. The first kappa shape index (κ1) is 14.8. The van der Waals surface area contributed by atoms with Gasteiger partial charge in [0.25, 0.3) is 0 Å². The van der Waals surface area contributed by atoms with Gasteiger partial charge in [0.15, 0.2) is 0 Å². The Morgan fingerprint density at radius 3 is 2.65 bits per heavy atom. The first-order chi connectivity index (χ1) is 9.54. The highest BCUT2D eigenvalue weighted by Crippen LogP contribution is 2.27. The van der Waals surface area contributed by atoms with Crippen LogP contribution in [-0.4, -0.2) is 17.1 Å². The molecule has 0 saturated carbocycles. The van der Waals surface area contributed by atoms with Crippen molar-refractivity contribution in [1.82, 2.24) is 4.98 Å². The van der Waals surface area contributed by atoms with Crippen molar-refractivity contribution in [2.45, 2.75) is 19.6 Å². The molecule has 5 heteroatoms. The summed E-state index contributed by atoms with van der Waals surface area (Å²) in [4.78, 5) is 6.13. The van der Waals surface area contributed by atoms with Gasteiger partial charge in [0.05, 0.1) is 23.4 Å². The number of pyridine rings is 1. The summed E-state index contributed by atoms with van der Waals surface area (Å²) in [6.07, 6.45) is 0. The molecule has 0 aliphatic heterocycles. The van der Waals surface area contributed by atoms with Crippen molar-refractivity contribution in [3.05, 3.63) is 58.5 Å². The fraction of sp³-hybridized carbons (Fsp3) is 0.267. The normalized spacial score (nSPS) is 12.2. The van der Waals surface area contributed by atoms with Crippen LogP contribution in [0.2, 0.25) is 5.02 Å². The Hall–Kier alpha value is -1.65. The molecule has 0 aliphatic carbocycles. The molecule has 0 bridgehead atoms. The molecule has 20 heavy (non-hydrogen) atoms. The van der Waals surface area contributed by atoms with E-state index in [2.05, 4.69) is 4.98 Å². The molecular formula is C15H16ClFN2O. The minimum absolute atomic E-state index is 0.184. The van der Waals surface area contributed by atoms with Crippen LogP contribution in [-0.2, 0) is 6.61 Å². The van der Waals surface area contributed by atoms with E-state index in [1.807, 2.05) is 18.9 Å². The molecule has 2 aromatic rings. The van der Waals surface area contributed by atoms with Crippen LogP contribution in [0, 0.1) is 5.82 Å². The number of benzene rings is 1. The van der Waals surface area contributed by atoms with Crippen molar-refractivity contribution in [3.8, 4) is 0 Å². The van der Waals surface area contributed by atoms with E-state index in [4.69, 9.17) is 11.6 Å². The standard InChI is InChI=1S/C15H16ClFN2O/c1-10(11-5-3-4-6-13(11)17)19(2)15-8-7-12(16)14(9-20)18-15/h3-8,10,20H,9H2,1-2H3. The Kier molecular flexibility index (Phi) is 4.57. The molecule has 1 heterocycles. The second-order valence-electron chi connectivity index (χ2n) is 4.56. The molecule has 3 nitrogen and oxygen atoms in total. The molecule has 0 spiro atoms. The van der Waals surface area contributed by atoms with Crippen LogP contribution < -0.4 is 4.90 Å². The number of hydrogen-bond acceptors (Lipinski definition) is 3. The third-order valence-corrected chi connectivity index (χ3v) is 3.70. The Morgan fingerprint density at radius 1 is 1.30 bits per heavy atom. The van der Waals surface area contributed by atoms with E-state index in [9.17, 15) is 9.50 Å². The summed E-state index contributed by atoms with van der Waals surface area (Å²) >= 11 is 5.92. The molecule has 1 aromatic heterocycles. The summed E-state index contributed by atoms with van der Waals surface area (Å²) in [5.74, 6) is 0.386. The smallest absolute Gasteiger partial charge is 0.129 e. The first-order valence-electron chi connectivity index (χ1n) is 6.28. The molecular weight excluding hydrogens is 279 g/mol. The third kappa shape index (κ3) is 2.92. The molecule has 106 valence electrons. The number of anilines is 1. The van der Waals surface area contributed by atoms with Crippen LogP contribution >= 0.6 is 11.6 Å². The van der Waals surface area contributed by atoms with Crippen molar-refractivity contribution >= 4 is 17.4 Å². The summed E-state index contributed by atoms with van der Waals surface area (Å²) in [5.41, 5.74) is 1.01. The van der Waals surface area contributed by atoms with E-state index in [-0.39, 0.29) is 18.5 Å². The van der Waals surface area contributed by atoms with Gasteiger partial charge in [0.2, 0.25) is 0 Å². The van der Waals surface area contributed by atoms with Crippen LogP contribution in [0.4, 0.5) is 10.2 Å². The van der Waals surface area contributed by atoms with E-state index in [1.54, 1.807) is 30.3 Å². The van der Waals surface area contributed by atoms with E-state index < -0.39 is 0 Å². The molecule has 0 radical (unpaired) electrons. The van der Waals surface area contributed by atoms with Gasteiger partial charge in [0, 0.05) is 12.6 Å². The van der Waals surface area contributed by atoms with Gasteiger partial charge in [-0.2, -0.15) is 0 Å². The molecule has 1 atom stereocenters. The maximum atomic E-state index is 13.8. The van der Waals surface area contributed by atoms with Crippen molar-refractivity contribution in [1.29, 1.82) is 0 Å². The second kappa shape index (κ2) is 6.20. The Bertz CT molecular complexity index is 606. The first-order valence-corrected chi connectivity index (χ1v) is 6.66.